The zero-order valence-corrected chi connectivity index (χ0v) is 84.2. The molecule has 0 saturated carbocycles. The second-order valence-electron chi connectivity index (χ2n) is 35.8. The molecule has 3 heterocycles. The number of carbonyl (C=O) groups is 10. The molecular formula is C101H150N9O31S+. The predicted molar refractivity (Wildman–Crippen MR) is 521 cm³/mol. The molecule has 0 bridgehead atoms. The van der Waals surface area contributed by atoms with Crippen LogP contribution < -0.4 is 36.6 Å². The lowest BCUT2D eigenvalue weighted by Crippen LogP contribution is -2.63. The number of aliphatic carboxylic acids is 2. The van der Waals surface area contributed by atoms with E-state index in [4.69, 9.17) is 75.8 Å². The van der Waals surface area contributed by atoms with Crippen LogP contribution in [0.1, 0.15) is 169 Å². The summed E-state index contributed by atoms with van der Waals surface area (Å²) >= 11 is 1.11. The van der Waals surface area contributed by atoms with Crippen LogP contribution in [0.3, 0.4) is 0 Å². The van der Waals surface area contributed by atoms with E-state index in [9.17, 15) is 63.9 Å². The van der Waals surface area contributed by atoms with Crippen molar-refractivity contribution < 1.29 is 154 Å². The minimum absolute atomic E-state index is 0.0252. The van der Waals surface area contributed by atoms with Gasteiger partial charge in [-0.2, -0.15) is 0 Å². The highest BCUT2D eigenvalue weighted by Crippen LogP contribution is 2.45. The fourth-order valence-corrected chi connectivity index (χ4v) is 17.5. The van der Waals surface area contributed by atoms with E-state index >= 15 is 9.59 Å². The molecule has 2 fully saturated rings. The fourth-order valence-electron chi connectivity index (χ4n) is 16.7. The second-order valence-corrected chi connectivity index (χ2v) is 36.7. The molecule has 790 valence electrons. The summed E-state index contributed by atoms with van der Waals surface area (Å²) in [6.07, 6.45) is -6.91. The first-order valence-electron chi connectivity index (χ1n) is 49.3. The van der Waals surface area contributed by atoms with Crippen LogP contribution >= 0.6 is 11.3 Å². The molecule has 14 atom stereocenters. The van der Waals surface area contributed by atoms with Crippen molar-refractivity contribution in [3.05, 3.63) is 135 Å². The number of fused-ring (bicyclic) bond motifs is 3. The first-order chi connectivity index (χ1) is 68.5. The molecule has 40 nitrogen and oxygen atoms in total. The molecule has 4 aromatic carbocycles. The molecule has 142 heavy (non-hydrogen) atoms. The number of piperidine rings is 1. The average Bonchev–Trinajstić information content (AvgIpc) is 1.60. The minimum Gasteiger partial charge on any atom is -0.481 e. The normalized spacial score (nSPS) is 18.7. The number of carbonyl (C=O) groups excluding carboxylic acids is 8. The summed E-state index contributed by atoms with van der Waals surface area (Å²) in [5, 5.41) is 70.7. The Balaban J connectivity index is 0.633. The highest BCUT2D eigenvalue weighted by molar-refractivity contribution is 7.09. The summed E-state index contributed by atoms with van der Waals surface area (Å²) in [5.41, 5.74) is 5.95. The number of carboxylic acid groups (broad SMARTS) is 2. The lowest BCUT2D eigenvalue weighted by Gasteiger charge is -2.44. The van der Waals surface area contributed by atoms with Crippen molar-refractivity contribution in [1.29, 1.82) is 0 Å². The number of likely N-dealkylation sites (N-methyl/N-ethyl adjacent to an activating group) is 2. The number of quaternary nitrogens is 1. The minimum atomic E-state index is -2.01. The molecule has 0 spiro atoms. The zero-order chi connectivity index (χ0) is 103. The monoisotopic (exact) mass is 2020 g/mol. The van der Waals surface area contributed by atoms with Gasteiger partial charge in [-0.05, 0) is 109 Å². The van der Waals surface area contributed by atoms with Crippen LogP contribution in [0.4, 0.5) is 15.3 Å². The van der Waals surface area contributed by atoms with E-state index in [2.05, 4.69) is 61.2 Å². The summed E-state index contributed by atoms with van der Waals surface area (Å²) < 4.78 is 90.0. The van der Waals surface area contributed by atoms with Crippen molar-refractivity contribution in [3.8, 4) is 16.9 Å². The van der Waals surface area contributed by atoms with Gasteiger partial charge in [-0.3, -0.25) is 38.9 Å². The number of esters is 1. The number of likely N-dealkylation sites (tertiary alicyclic amines) is 1. The molecule has 1 unspecified atom stereocenters. The van der Waals surface area contributed by atoms with Gasteiger partial charge in [-0.1, -0.05) is 127 Å². The number of unbranched alkanes of at least 4 members (excludes halogenated alkanes) is 1. The number of anilines is 1. The molecule has 2 aliphatic heterocycles. The maximum Gasteiger partial charge on any atom is 0.411 e. The molecule has 11 N–H and O–H groups in total. The number of aliphatic hydroxyl groups excluding tert-OH is 3. The lowest BCUT2D eigenvalue weighted by atomic mass is 9.92. The zero-order valence-electron chi connectivity index (χ0n) is 83.4. The van der Waals surface area contributed by atoms with E-state index in [-0.39, 0.29) is 135 Å². The number of benzene rings is 4. The maximum atomic E-state index is 15.1. The van der Waals surface area contributed by atoms with Gasteiger partial charge in [0.15, 0.2) is 18.2 Å². The van der Waals surface area contributed by atoms with Crippen LogP contribution in [-0.2, 0) is 118 Å². The van der Waals surface area contributed by atoms with E-state index in [0.29, 0.717) is 187 Å². The number of aliphatic hydroxyl groups is 3. The molecule has 0 radical (unpaired) electrons. The van der Waals surface area contributed by atoms with E-state index in [1.54, 1.807) is 36.4 Å². The Bertz CT molecular complexity index is 4570. The Morgan fingerprint density at radius 2 is 1.14 bits per heavy atom. The van der Waals surface area contributed by atoms with Crippen molar-refractivity contribution >= 4 is 76.7 Å². The molecule has 7 amide bonds. The number of hydrogen-bond donors (Lipinski definition) is 11. The lowest BCUT2D eigenvalue weighted by molar-refractivity contribution is -0.942. The number of nitrogens with zero attached hydrogens (tertiary/aromatic N) is 3. The third-order valence-electron chi connectivity index (χ3n) is 24.6. The van der Waals surface area contributed by atoms with Gasteiger partial charge in [0.1, 0.15) is 66.6 Å². The van der Waals surface area contributed by atoms with E-state index in [0.717, 1.165) is 52.0 Å². The first kappa shape index (κ1) is 117. The summed E-state index contributed by atoms with van der Waals surface area (Å²) in [4.78, 5) is 139. The second kappa shape index (κ2) is 64.7. The predicted octanol–water partition coefficient (Wildman–Crippen LogP) is 7.91. The van der Waals surface area contributed by atoms with Gasteiger partial charge in [0.05, 0.1) is 171 Å². The van der Waals surface area contributed by atoms with Gasteiger partial charge < -0.3 is 137 Å². The van der Waals surface area contributed by atoms with Crippen molar-refractivity contribution in [2.45, 2.75) is 205 Å². The van der Waals surface area contributed by atoms with Crippen LogP contribution in [0.5, 0.6) is 5.75 Å². The first-order valence-corrected chi connectivity index (χ1v) is 50.2. The van der Waals surface area contributed by atoms with E-state index in [1.807, 2.05) is 96.3 Å². The molecule has 8 rings (SSSR count). The average molecular weight is 2020 g/mol. The van der Waals surface area contributed by atoms with Crippen molar-refractivity contribution in [1.82, 2.24) is 36.5 Å². The number of nitrogens with one attached hydrogen (secondary N) is 6. The Hall–Kier alpha value is -10.0. The summed E-state index contributed by atoms with van der Waals surface area (Å²) in [7, 11) is 3.56. The quantitative estimate of drug-likeness (QED) is 0.00761. The van der Waals surface area contributed by atoms with Crippen molar-refractivity contribution in [2.24, 2.45) is 17.8 Å². The van der Waals surface area contributed by atoms with Gasteiger partial charge >= 0.3 is 30.1 Å². The van der Waals surface area contributed by atoms with Crippen LogP contribution in [0.15, 0.2) is 102 Å². The smallest absolute Gasteiger partial charge is 0.411 e. The van der Waals surface area contributed by atoms with Crippen molar-refractivity contribution in [3.63, 3.8) is 0 Å². The number of ether oxygens (including phenoxy) is 16. The van der Waals surface area contributed by atoms with Crippen LogP contribution in [-0.4, -0.2) is 353 Å². The molecule has 1 aliphatic carbocycles. The molecule has 41 heteroatoms. The fraction of sp³-hybridized carbons (Fsp3) is 0.634. The maximum absolute atomic E-state index is 15.1. The van der Waals surface area contributed by atoms with E-state index in [1.165, 1.54) is 13.0 Å². The number of alkyl carbamates (subject to hydrolysis) is 1. The largest absolute Gasteiger partial charge is 0.481 e. The van der Waals surface area contributed by atoms with E-state index < -0.39 is 109 Å². The summed E-state index contributed by atoms with van der Waals surface area (Å²) in [6, 6.07) is 26.6. The summed E-state index contributed by atoms with van der Waals surface area (Å²) in [6.45, 7) is 21.2. The molecular weight excluding hydrogens is 1870 g/mol. The number of carboxylic acids is 2. The SMILES string of the molecule is CCCNC(=O)[C@H](CCCCNC(=O)CCOCCOCCOCCOCCOCCOCCOCCOCCOCCOCCOCCOC(=O)Nc1cc(C[N+]2(C)CCCC[C@@H]2C(=O)N[C@H](C(=O)N(C)[C@H](C[C@@H](OC(C)=O)c2nc(C(=O)N[C@@H](Cc3ccccc3)C[C@H](C)C(=O)O)cs2)C(C)C)[C@@H](C)CC)ccc1O[C@@H]1O[C@H](C(=O)O)[C@@H](O)[C@H](O)[C@H]1O)NC(=O)OCC1c2ccccc2-c2ccccc21. The van der Waals surface area contributed by atoms with Crippen LogP contribution in [0, 0.1) is 17.8 Å². The Kier molecular flexibility index (Phi) is 53.4. The molecule has 2 saturated heterocycles. The van der Waals surface area contributed by atoms with Crippen LogP contribution in [0.2, 0.25) is 0 Å². The Labute approximate surface area is 835 Å². The number of amides is 7. The highest BCUT2D eigenvalue weighted by atomic mass is 32.1. The standard InChI is InChI=1S/C101H149N9O31S/c1-10-34-103-92(116)79(106-101(125)138-65-78-76-27-17-15-25-74(76)75-26-16-18-28-77(75)78)29-19-21-35-102-86(112)33-37-126-38-39-127-40-41-128-42-43-129-44-45-130-46-47-131-48-49-132-50-51-133-52-53-134-54-55-135-56-57-136-58-59-137-100(124)107-80-62-72(31-32-84(80)140-99-90(115)88(113)89(114)91(141-99)98(122)123)64-110(9)36-22-20-30-83(110)94(118)108-87(68(5)11-2)96(119)109(8)82(67(3)4)63-85(139-70(7)111)95-105-81(66-142-95)93(117)104-73(60-69(6)97(120)121)61-71-23-13-12-14-24-71/h12-18,23-28,31-32,62,66-69,73,78-79,82-83,85,87-91,99,113-115H,10-11,19-22,29-30,33-61,63-65H2,1-9H3,(H7-,102,103,104,106,107,108,112,116,117,118,120,121,122,123,124,125)/p+1/t68-,69-,73+,79-,82+,83+,85+,87-,88-,89-,90+,91-,99+,110?/m0/s1. The van der Waals surface area contributed by atoms with Gasteiger partial charge in [-0.15, -0.1) is 11.3 Å². The number of thiazole rings is 1. The number of aromatic nitrogens is 1. The Morgan fingerprint density at radius 1 is 0.592 bits per heavy atom. The van der Waals surface area contributed by atoms with Crippen LogP contribution in [0.25, 0.3) is 11.1 Å². The summed E-state index contributed by atoms with van der Waals surface area (Å²) in [5.74, 6) is -6.57. The van der Waals surface area contributed by atoms with Gasteiger partial charge in [-0.25, -0.2) is 19.4 Å². The number of rotatable bonds is 71. The van der Waals surface area contributed by atoms with Gasteiger partial charge in [0.2, 0.25) is 24.0 Å². The molecule has 3 aliphatic rings. The molecule has 1 aromatic heterocycles. The van der Waals surface area contributed by atoms with Gasteiger partial charge in [0.25, 0.3) is 11.8 Å². The van der Waals surface area contributed by atoms with Gasteiger partial charge in [0, 0.05) is 75.3 Å². The molecule has 5 aromatic rings. The number of hydrogen-bond acceptors (Lipinski definition) is 31. The third-order valence-corrected chi connectivity index (χ3v) is 25.6. The third kappa shape index (κ3) is 40.5. The highest BCUT2D eigenvalue weighted by Gasteiger charge is 2.49. The Morgan fingerprint density at radius 3 is 1.68 bits per heavy atom. The van der Waals surface area contributed by atoms with Crippen molar-refractivity contribution in [2.75, 3.05) is 198 Å². The topological polar surface area (TPSA) is 508 Å².